The van der Waals surface area contributed by atoms with Crippen molar-refractivity contribution in [2.45, 2.75) is 26.8 Å². The summed E-state index contributed by atoms with van der Waals surface area (Å²) in [5, 5.41) is 11.6. The Morgan fingerprint density at radius 2 is 2.10 bits per heavy atom. The molecule has 1 rings (SSSR count). The van der Waals surface area contributed by atoms with Crippen molar-refractivity contribution in [1.29, 1.82) is 0 Å². The Morgan fingerprint density at radius 3 is 2.65 bits per heavy atom. The quantitative estimate of drug-likeness (QED) is 0.814. The summed E-state index contributed by atoms with van der Waals surface area (Å²) in [6, 6.07) is 6.59. The van der Waals surface area contributed by atoms with Crippen LogP contribution >= 0.6 is 0 Å². The van der Waals surface area contributed by atoms with Crippen LogP contribution in [0.2, 0.25) is 0 Å². The fraction of sp³-hybridized carbons (Fsp3) is 0.467. The molecule has 0 heterocycles. The monoisotopic (exact) mass is 278 g/mol. The third-order valence-electron chi connectivity index (χ3n) is 3.06. The summed E-state index contributed by atoms with van der Waals surface area (Å²) in [6.45, 7) is 6.09. The van der Waals surface area contributed by atoms with Crippen molar-refractivity contribution in [1.82, 2.24) is 10.2 Å². The van der Waals surface area contributed by atoms with E-state index >= 15 is 0 Å². The summed E-state index contributed by atoms with van der Waals surface area (Å²) in [5.74, 6) is -0.461. The fourth-order valence-electron chi connectivity index (χ4n) is 1.95. The minimum atomic E-state index is -0.616. The van der Waals surface area contributed by atoms with E-state index in [0.717, 1.165) is 5.56 Å². The van der Waals surface area contributed by atoms with Crippen LogP contribution < -0.4 is 5.32 Å². The van der Waals surface area contributed by atoms with Gasteiger partial charge in [-0.3, -0.25) is 9.59 Å². The molecule has 0 spiro atoms. The van der Waals surface area contributed by atoms with Gasteiger partial charge in [0, 0.05) is 18.7 Å². The van der Waals surface area contributed by atoms with Crippen LogP contribution in [-0.4, -0.2) is 47.6 Å². The first-order valence-corrected chi connectivity index (χ1v) is 6.76. The van der Waals surface area contributed by atoms with Crippen LogP contribution in [-0.2, 0) is 4.79 Å². The largest absolute Gasteiger partial charge is 0.395 e. The van der Waals surface area contributed by atoms with Crippen LogP contribution in [0.25, 0.3) is 0 Å². The molecule has 110 valence electrons. The second-order valence-electron chi connectivity index (χ2n) is 4.71. The Hall–Kier alpha value is -1.88. The zero-order chi connectivity index (χ0) is 15.1. The molecule has 0 fully saturated rings. The SMILES string of the molecule is CCN(CCO)C(=O)C(C)NC(=O)c1cccc(C)c1. The summed E-state index contributed by atoms with van der Waals surface area (Å²) >= 11 is 0. The maximum Gasteiger partial charge on any atom is 0.251 e. The van der Waals surface area contributed by atoms with E-state index in [0.29, 0.717) is 12.1 Å². The summed E-state index contributed by atoms with van der Waals surface area (Å²) in [7, 11) is 0. The number of likely N-dealkylation sites (N-methyl/N-ethyl adjacent to an activating group) is 1. The predicted octanol–water partition coefficient (Wildman–Crippen LogP) is 0.954. The number of carbonyl (C=O) groups excluding carboxylic acids is 2. The van der Waals surface area contributed by atoms with Gasteiger partial charge in [0.2, 0.25) is 5.91 Å². The molecule has 0 saturated heterocycles. The van der Waals surface area contributed by atoms with Gasteiger partial charge in [0.05, 0.1) is 6.61 Å². The zero-order valence-corrected chi connectivity index (χ0v) is 12.2. The topological polar surface area (TPSA) is 69.6 Å². The lowest BCUT2D eigenvalue weighted by Gasteiger charge is -2.24. The predicted molar refractivity (Wildman–Crippen MR) is 77.4 cm³/mol. The molecule has 0 aliphatic rings. The van der Waals surface area contributed by atoms with Gasteiger partial charge in [0.15, 0.2) is 0 Å². The van der Waals surface area contributed by atoms with Gasteiger partial charge in [-0.2, -0.15) is 0 Å². The highest BCUT2D eigenvalue weighted by Crippen LogP contribution is 2.04. The van der Waals surface area contributed by atoms with Crippen molar-refractivity contribution < 1.29 is 14.7 Å². The van der Waals surface area contributed by atoms with E-state index in [9.17, 15) is 9.59 Å². The second-order valence-corrected chi connectivity index (χ2v) is 4.71. The molecule has 5 nitrogen and oxygen atoms in total. The minimum absolute atomic E-state index is 0.0852. The molecular weight excluding hydrogens is 256 g/mol. The number of aliphatic hydroxyl groups is 1. The number of benzene rings is 1. The highest BCUT2D eigenvalue weighted by molar-refractivity contribution is 5.97. The van der Waals surface area contributed by atoms with E-state index in [4.69, 9.17) is 5.11 Å². The molecule has 0 radical (unpaired) electrons. The standard InChI is InChI=1S/C15H22N2O3/c1-4-17(8-9-18)15(20)12(3)16-14(19)13-7-5-6-11(2)10-13/h5-7,10,12,18H,4,8-9H2,1-3H3,(H,16,19). The Bertz CT molecular complexity index is 474. The molecule has 2 N–H and O–H groups in total. The molecule has 1 atom stereocenters. The molecule has 0 aliphatic heterocycles. The highest BCUT2D eigenvalue weighted by atomic mass is 16.3. The number of aryl methyl sites for hydroxylation is 1. The van der Waals surface area contributed by atoms with Crippen molar-refractivity contribution in [3.63, 3.8) is 0 Å². The molecule has 0 saturated carbocycles. The van der Waals surface area contributed by atoms with Gasteiger partial charge in [-0.15, -0.1) is 0 Å². The second kappa shape index (κ2) is 7.65. The first kappa shape index (κ1) is 16.2. The Balaban J connectivity index is 2.67. The van der Waals surface area contributed by atoms with Crippen LogP contribution in [0.3, 0.4) is 0 Å². The number of hydrogen-bond acceptors (Lipinski definition) is 3. The summed E-state index contributed by atoms with van der Waals surface area (Å²) < 4.78 is 0. The number of nitrogens with one attached hydrogen (secondary N) is 1. The first-order valence-electron chi connectivity index (χ1n) is 6.76. The molecule has 0 aliphatic carbocycles. The van der Waals surface area contributed by atoms with Crippen molar-refractivity contribution in [3.05, 3.63) is 35.4 Å². The van der Waals surface area contributed by atoms with Crippen molar-refractivity contribution >= 4 is 11.8 Å². The Labute approximate surface area is 119 Å². The number of nitrogens with zero attached hydrogens (tertiary/aromatic N) is 1. The number of aliphatic hydroxyl groups excluding tert-OH is 1. The van der Waals surface area contributed by atoms with Crippen molar-refractivity contribution in [2.75, 3.05) is 19.7 Å². The average Bonchev–Trinajstić information content (AvgIpc) is 2.43. The lowest BCUT2D eigenvalue weighted by atomic mass is 10.1. The molecule has 1 aromatic rings. The molecular formula is C15H22N2O3. The number of carbonyl (C=O) groups is 2. The zero-order valence-electron chi connectivity index (χ0n) is 12.2. The van der Waals surface area contributed by atoms with E-state index in [2.05, 4.69) is 5.32 Å². The van der Waals surface area contributed by atoms with Gasteiger partial charge in [-0.25, -0.2) is 0 Å². The van der Waals surface area contributed by atoms with Crippen LogP contribution in [0.15, 0.2) is 24.3 Å². The normalized spacial score (nSPS) is 11.8. The lowest BCUT2D eigenvalue weighted by Crippen LogP contribution is -2.47. The highest BCUT2D eigenvalue weighted by Gasteiger charge is 2.21. The molecule has 2 amide bonds. The number of hydrogen-bond donors (Lipinski definition) is 2. The minimum Gasteiger partial charge on any atom is -0.395 e. The summed E-state index contributed by atoms with van der Waals surface area (Å²) in [6.07, 6.45) is 0. The van der Waals surface area contributed by atoms with Crippen LogP contribution in [0.4, 0.5) is 0 Å². The van der Waals surface area contributed by atoms with Gasteiger partial charge < -0.3 is 15.3 Å². The van der Waals surface area contributed by atoms with E-state index < -0.39 is 6.04 Å². The van der Waals surface area contributed by atoms with Crippen LogP contribution in [0.1, 0.15) is 29.8 Å². The third-order valence-corrected chi connectivity index (χ3v) is 3.06. The lowest BCUT2D eigenvalue weighted by molar-refractivity contribution is -0.133. The van der Waals surface area contributed by atoms with Crippen LogP contribution in [0, 0.1) is 6.92 Å². The number of rotatable bonds is 6. The van der Waals surface area contributed by atoms with E-state index in [1.807, 2.05) is 19.9 Å². The molecule has 1 aromatic carbocycles. The van der Waals surface area contributed by atoms with Gasteiger partial charge in [0.25, 0.3) is 5.91 Å². The molecule has 1 unspecified atom stereocenters. The number of amides is 2. The third kappa shape index (κ3) is 4.35. The fourth-order valence-corrected chi connectivity index (χ4v) is 1.95. The van der Waals surface area contributed by atoms with Gasteiger partial charge in [0.1, 0.15) is 6.04 Å². The Kier molecular flexibility index (Phi) is 6.18. The smallest absolute Gasteiger partial charge is 0.251 e. The van der Waals surface area contributed by atoms with E-state index in [-0.39, 0.29) is 25.0 Å². The molecule has 0 bridgehead atoms. The van der Waals surface area contributed by atoms with Gasteiger partial charge in [-0.1, -0.05) is 17.7 Å². The van der Waals surface area contributed by atoms with Crippen molar-refractivity contribution in [3.8, 4) is 0 Å². The average molecular weight is 278 g/mol. The Morgan fingerprint density at radius 1 is 1.40 bits per heavy atom. The van der Waals surface area contributed by atoms with E-state index in [1.54, 1.807) is 25.1 Å². The summed E-state index contributed by atoms with van der Waals surface area (Å²) in [4.78, 5) is 25.7. The van der Waals surface area contributed by atoms with E-state index in [1.165, 1.54) is 4.90 Å². The van der Waals surface area contributed by atoms with Crippen molar-refractivity contribution in [2.24, 2.45) is 0 Å². The van der Waals surface area contributed by atoms with Crippen LogP contribution in [0.5, 0.6) is 0 Å². The van der Waals surface area contributed by atoms with Gasteiger partial charge >= 0.3 is 0 Å². The maximum atomic E-state index is 12.1. The maximum absolute atomic E-state index is 12.1. The molecule has 0 aromatic heterocycles. The first-order chi connectivity index (χ1) is 9.49. The molecule has 5 heteroatoms. The van der Waals surface area contributed by atoms with Gasteiger partial charge in [-0.05, 0) is 32.9 Å². The molecule has 20 heavy (non-hydrogen) atoms. The summed E-state index contributed by atoms with van der Waals surface area (Å²) in [5.41, 5.74) is 1.53.